The molecule has 3 rings (SSSR count). The highest BCUT2D eigenvalue weighted by Gasteiger charge is 2.35. The van der Waals surface area contributed by atoms with Crippen molar-refractivity contribution in [2.75, 3.05) is 13.1 Å². The normalized spacial score (nSPS) is 13.1. The van der Waals surface area contributed by atoms with Gasteiger partial charge in [-0.2, -0.15) is 0 Å². The van der Waals surface area contributed by atoms with Gasteiger partial charge in [0.15, 0.2) is 0 Å². The fourth-order valence-electron chi connectivity index (χ4n) is 3.01. The first kappa shape index (κ1) is 18.1. The molecule has 0 atom stereocenters. The Morgan fingerprint density at radius 2 is 1.73 bits per heavy atom. The van der Waals surface area contributed by atoms with E-state index in [1.54, 1.807) is 17.0 Å². The Hall–Kier alpha value is -2.66. The Balaban J connectivity index is 1.64. The first-order chi connectivity index (χ1) is 12.5. The Labute approximate surface area is 157 Å². The van der Waals surface area contributed by atoms with Crippen molar-refractivity contribution in [3.8, 4) is 0 Å². The second kappa shape index (κ2) is 7.70. The first-order valence-corrected chi connectivity index (χ1v) is 8.86. The van der Waals surface area contributed by atoms with Crippen molar-refractivity contribution in [2.45, 2.75) is 19.9 Å². The lowest BCUT2D eigenvalue weighted by atomic mass is 10.1. The Morgan fingerprint density at radius 3 is 2.42 bits per heavy atom. The molecule has 2 aromatic carbocycles. The third kappa shape index (κ3) is 3.63. The zero-order valence-electron chi connectivity index (χ0n) is 14.4. The average molecular weight is 371 g/mol. The standard InChI is InChI=1S/C20H19ClN2O3/c1-2-22(13-14-6-4-3-5-7-14)18(24)10-11-23-19(25)16-9-8-15(21)12-17(16)20(23)26/h3-9,12H,2,10-11,13H2,1H3. The summed E-state index contributed by atoms with van der Waals surface area (Å²) in [5.41, 5.74) is 1.67. The third-order valence-electron chi connectivity index (χ3n) is 4.43. The zero-order valence-corrected chi connectivity index (χ0v) is 15.2. The average Bonchev–Trinajstić information content (AvgIpc) is 2.88. The Morgan fingerprint density at radius 1 is 1.04 bits per heavy atom. The van der Waals surface area contributed by atoms with E-state index in [-0.39, 0.29) is 24.8 Å². The van der Waals surface area contributed by atoms with E-state index < -0.39 is 5.91 Å². The molecule has 0 saturated carbocycles. The van der Waals surface area contributed by atoms with Crippen LogP contribution in [0.4, 0.5) is 0 Å². The van der Waals surface area contributed by atoms with Crippen LogP contribution in [0.1, 0.15) is 39.6 Å². The number of hydrogen-bond acceptors (Lipinski definition) is 3. The largest absolute Gasteiger partial charge is 0.339 e. The lowest BCUT2D eigenvalue weighted by Crippen LogP contribution is -2.36. The van der Waals surface area contributed by atoms with Crippen LogP contribution >= 0.6 is 11.6 Å². The van der Waals surface area contributed by atoms with Crippen LogP contribution in [0.3, 0.4) is 0 Å². The summed E-state index contributed by atoms with van der Waals surface area (Å²) in [5, 5.41) is 0.405. The van der Waals surface area contributed by atoms with Crippen molar-refractivity contribution >= 4 is 29.3 Å². The van der Waals surface area contributed by atoms with Gasteiger partial charge in [0.2, 0.25) is 5.91 Å². The highest BCUT2D eigenvalue weighted by Crippen LogP contribution is 2.26. The molecule has 5 nitrogen and oxygen atoms in total. The molecule has 0 bridgehead atoms. The van der Waals surface area contributed by atoms with Gasteiger partial charge in [-0.1, -0.05) is 41.9 Å². The first-order valence-electron chi connectivity index (χ1n) is 8.48. The van der Waals surface area contributed by atoms with Gasteiger partial charge in [-0.05, 0) is 30.7 Å². The van der Waals surface area contributed by atoms with Crippen molar-refractivity contribution in [1.82, 2.24) is 9.80 Å². The van der Waals surface area contributed by atoms with E-state index in [0.717, 1.165) is 10.5 Å². The summed E-state index contributed by atoms with van der Waals surface area (Å²) in [6.07, 6.45) is 0.0971. The van der Waals surface area contributed by atoms with Crippen molar-refractivity contribution < 1.29 is 14.4 Å². The second-order valence-corrected chi connectivity index (χ2v) is 6.53. The van der Waals surface area contributed by atoms with Crippen LogP contribution in [0, 0.1) is 0 Å². The molecule has 0 saturated heterocycles. The van der Waals surface area contributed by atoms with Crippen molar-refractivity contribution in [3.63, 3.8) is 0 Å². The molecule has 1 aliphatic rings. The summed E-state index contributed by atoms with van der Waals surface area (Å²) in [7, 11) is 0. The number of nitrogens with zero attached hydrogens (tertiary/aromatic N) is 2. The molecule has 26 heavy (non-hydrogen) atoms. The molecule has 1 heterocycles. The van der Waals surface area contributed by atoms with Gasteiger partial charge in [0.25, 0.3) is 11.8 Å². The van der Waals surface area contributed by atoms with Gasteiger partial charge in [0.1, 0.15) is 0 Å². The molecule has 1 aliphatic heterocycles. The van der Waals surface area contributed by atoms with Gasteiger partial charge in [0.05, 0.1) is 11.1 Å². The van der Waals surface area contributed by atoms with Crippen molar-refractivity contribution in [1.29, 1.82) is 0 Å². The molecule has 0 spiro atoms. The molecule has 0 N–H and O–H groups in total. The summed E-state index contributed by atoms with van der Waals surface area (Å²) >= 11 is 5.91. The molecule has 0 aliphatic carbocycles. The van der Waals surface area contributed by atoms with Crippen LogP contribution in [0.5, 0.6) is 0 Å². The maximum absolute atomic E-state index is 12.5. The maximum Gasteiger partial charge on any atom is 0.261 e. The van der Waals surface area contributed by atoms with Gasteiger partial charge < -0.3 is 4.90 Å². The summed E-state index contributed by atoms with van der Waals surface area (Å²) in [6.45, 7) is 3.04. The highest BCUT2D eigenvalue weighted by atomic mass is 35.5. The lowest BCUT2D eigenvalue weighted by molar-refractivity contribution is -0.131. The lowest BCUT2D eigenvalue weighted by Gasteiger charge is -2.22. The van der Waals surface area contributed by atoms with Gasteiger partial charge in [-0.3, -0.25) is 19.3 Å². The van der Waals surface area contributed by atoms with Crippen LogP contribution in [-0.4, -0.2) is 40.6 Å². The predicted octanol–water partition coefficient (Wildman–Crippen LogP) is 3.37. The minimum absolute atomic E-state index is 0.0636. The number of rotatable bonds is 6. The summed E-state index contributed by atoms with van der Waals surface area (Å²) in [4.78, 5) is 40.2. The summed E-state index contributed by atoms with van der Waals surface area (Å²) < 4.78 is 0. The molecule has 0 aromatic heterocycles. The highest BCUT2D eigenvalue weighted by molar-refractivity contribution is 6.32. The van der Waals surface area contributed by atoms with Gasteiger partial charge in [-0.15, -0.1) is 0 Å². The molecule has 0 radical (unpaired) electrons. The number of benzene rings is 2. The quantitative estimate of drug-likeness (QED) is 0.732. The van der Waals surface area contributed by atoms with Gasteiger partial charge in [-0.25, -0.2) is 0 Å². The fraction of sp³-hybridized carbons (Fsp3) is 0.250. The van der Waals surface area contributed by atoms with Crippen molar-refractivity contribution in [3.05, 3.63) is 70.2 Å². The van der Waals surface area contributed by atoms with E-state index in [1.165, 1.54) is 6.07 Å². The number of carbonyl (C=O) groups excluding carboxylic acids is 3. The third-order valence-corrected chi connectivity index (χ3v) is 4.67. The number of imide groups is 1. The van der Waals surface area contributed by atoms with E-state index in [4.69, 9.17) is 11.6 Å². The van der Waals surface area contributed by atoms with E-state index in [1.807, 2.05) is 37.3 Å². The van der Waals surface area contributed by atoms with E-state index >= 15 is 0 Å². The second-order valence-electron chi connectivity index (χ2n) is 6.10. The number of carbonyl (C=O) groups is 3. The molecule has 2 aromatic rings. The number of amides is 3. The van der Waals surface area contributed by atoms with Crippen molar-refractivity contribution in [2.24, 2.45) is 0 Å². The minimum Gasteiger partial charge on any atom is -0.339 e. The van der Waals surface area contributed by atoms with Crippen LogP contribution in [-0.2, 0) is 11.3 Å². The maximum atomic E-state index is 12.5. The number of halogens is 1. The van der Waals surface area contributed by atoms with Crippen LogP contribution in [0.2, 0.25) is 5.02 Å². The van der Waals surface area contributed by atoms with E-state index in [2.05, 4.69) is 0 Å². The Bertz CT molecular complexity index is 851. The molecular weight excluding hydrogens is 352 g/mol. The van der Waals surface area contributed by atoms with E-state index in [9.17, 15) is 14.4 Å². The summed E-state index contributed by atoms with van der Waals surface area (Å²) in [5.74, 6) is -0.863. The molecule has 134 valence electrons. The van der Waals surface area contributed by atoms with Crippen LogP contribution < -0.4 is 0 Å². The number of fused-ring (bicyclic) bond motifs is 1. The zero-order chi connectivity index (χ0) is 18.7. The van der Waals surface area contributed by atoms with Crippen LogP contribution in [0.15, 0.2) is 48.5 Å². The topological polar surface area (TPSA) is 57.7 Å². The molecule has 0 unspecified atom stereocenters. The SMILES string of the molecule is CCN(Cc1ccccc1)C(=O)CCN1C(=O)c2ccc(Cl)cc2C1=O. The monoisotopic (exact) mass is 370 g/mol. The number of hydrogen-bond donors (Lipinski definition) is 0. The van der Waals surface area contributed by atoms with Gasteiger partial charge in [0, 0.05) is 31.1 Å². The van der Waals surface area contributed by atoms with Gasteiger partial charge >= 0.3 is 0 Å². The molecular formula is C20H19ClN2O3. The molecule has 0 fully saturated rings. The smallest absolute Gasteiger partial charge is 0.261 e. The van der Waals surface area contributed by atoms with Crippen LogP contribution in [0.25, 0.3) is 0 Å². The molecule has 6 heteroatoms. The predicted molar refractivity (Wildman–Crippen MR) is 99.0 cm³/mol. The minimum atomic E-state index is -0.397. The fourth-order valence-corrected chi connectivity index (χ4v) is 3.18. The van der Waals surface area contributed by atoms with E-state index in [0.29, 0.717) is 29.2 Å². The Kier molecular flexibility index (Phi) is 5.38. The molecule has 3 amide bonds. The summed E-state index contributed by atoms with van der Waals surface area (Å²) in [6, 6.07) is 14.3.